The number of hydrogen-bond donors (Lipinski definition) is 0. The van der Waals surface area contributed by atoms with Crippen molar-refractivity contribution in [1.82, 2.24) is 15.1 Å². The molecule has 0 bridgehead atoms. The molecule has 0 aliphatic carbocycles. The normalized spacial score (nSPS) is 17.3. The quantitative estimate of drug-likeness (QED) is 0.717. The Morgan fingerprint density at radius 1 is 1.12 bits per heavy atom. The first-order chi connectivity index (χ1) is 12.7. The molecular weight excluding hydrogens is 326 g/mol. The van der Waals surface area contributed by atoms with E-state index in [2.05, 4.69) is 10.2 Å². The fourth-order valence-corrected chi connectivity index (χ4v) is 3.42. The Morgan fingerprint density at radius 2 is 1.96 bits per heavy atom. The maximum absolute atomic E-state index is 12.8. The number of carbonyl (C=O) groups excluding carboxylic acids is 1. The van der Waals surface area contributed by atoms with Gasteiger partial charge in [-0.1, -0.05) is 35.9 Å². The Morgan fingerprint density at radius 3 is 2.77 bits per heavy atom. The lowest BCUT2D eigenvalue weighted by Crippen LogP contribution is -2.39. The van der Waals surface area contributed by atoms with Gasteiger partial charge in [0.15, 0.2) is 0 Å². The van der Waals surface area contributed by atoms with Gasteiger partial charge in [0.25, 0.3) is 5.91 Å². The van der Waals surface area contributed by atoms with Crippen LogP contribution in [0.25, 0.3) is 11.5 Å². The van der Waals surface area contributed by atoms with Gasteiger partial charge in [-0.25, -0.2) is 0 Å². The van der Waals surface area contributed by atoms with E-state index in [4.69, 9.17) is 4.42 Å². The molecule has 3 aromatic rings. The third kappa shape index (κ3) is 3.38. The number of hydrogen-bond acceptors (Lipinski definition) is 4. The van der Waals surface area contributed by atoms with E-state index in [9.17, 15) is 4.79 Å². The number of benzene rings is 2. The van der Waals surface area contributed by atoms with Gasteiger partial charge >= 0.3 is 0 Å². The van der Waals surface area contributed by atoms with Gasteiger partial charge in [-0.3, -0.25) is 4.79 Å². The maximum atomic E-state index is 12.8. The third-order valence-electron chi connectivity index (χ3n) is 4.78. The average molecular weight is 347 g/mol. The van der Waals surface area contributed by atoms with Crippen LogP contribution in [0, 0.1) is 6.92 Å². The van der Waals surface area contributed by atoms with E-state index in [1.54, 1.807) is 0 Å². The summed E-state index contributed by atoms with van der Waals surface area (Å²) < 4.78 is 5.90. The molecular formula is C21H21N3O2. The number of likely N-dealkylation sites (tertiary alicyclic amines) is 1. The Balaban J connectivity index is 1.50. The molecule has 4 rings (SSSR count). The van der Waals surface area contributed by atoms with Crippen LogP contribution in [0.3, 0.4) is 0 Å². The fourth-order valence-electron chi connectivity index (χ4n) is 3.42. The first-order valence-electron chi connectivity index (χ1n) is 8.95. The number of amides is 1. The summed E-state index contributed by atoms with van der Waals surface area (Å²) in [6, 6.07) is 17.5. The van der Waals surface area contributed by atoms with E-state index in [1.807, 2.05) is 66.4 Å². The van der Waals surface area contributed by atoms with Crippen molar-refractivity contribution < 1.29 is 9.21 Å². The average Bonchev–Trinajstić information content (AvgIpc) is 3.18. The molecule has 2 aromatic carbocycles. The molecule has 1 amide bonds. The molecule has 26 heavy (non-hydrogen) atoms. The van der Waals surface area contributed by atoms with Crippen molar-refractivity contribution >= 4 is 5.91 Å². The van der Waals surface area contributed by atoms with Crippen molar-refractivity contribution in [2.75, 3.05) is 13.1 Å². The third-order valence-corrected chi connectivity index (χ3v) is 4.78. The van der Waals surface area contributed by atoms with Crippen molar-refractivity contribution in [2.24, 2.45) is 0 Å². The first kappa shape index (κ1) is 16.5. The van der Waals surface area contributed by atoms with Crippen LogP contribution in [0.5, 0.6) is 0 Å². The van der Waals surface area contributed by atoms with Crippen LogP contribution in [0.15, 0.2) is 59.0 Å². The minimum atomic E-state index is 0.0706. The SMILES string of the molecule is Cc1cccc(C(=O)N2CCC[C@H](c3nnc(-c4ccccc4)o3)C2)c1. The molecule has 5 heteroatoms. The van der Waals surface area contributed by atoms with E-state index in [1.165, 1.54) is 0 Å². The summed E-state index contributed by atoms with van der Waals surface area (Å²) in [7, 11) is 0. The highest BCUT2D eigenvalue weighted by Gasteiger charge is 2.29. The number of aryl methyl sites for hydroxylation is 1. The molecule has 1 fully saturated rings. The van der Waals surface area contributed by atoms with Crippen LogP contribution in [0.1, 0.15) is 40.6 Å². The molecule has 2 heterocycles. The van der Waals surface area contributed by atoms with Crippen molar-refractivity contribution in [2.45, 2.75) is 25.7 Å². The molecule has 0 saturated carbocycles. The molecule has 1 saturated heterocycles. The molecule has 1 aromatic heterocycles. The first-order valence-corrected chi connectivity index (χ1v) is 8.95. The van der Waals surface area contributed by atoms with Gasteiger partial charge in [0.2, 0.25) is 11.8 Å². The predicted octanol–water partition coefficient (Wildman–Crippen LogP) is 4.06. The van der Waals surface area contributed by atoms with E-state index >= 15 is 0 Å². The summed E-state index contributed by atoms with van der Waals surface area (Å²) in [6.07, 6.45) is 1.89. The van der Waals surface area contributed by atoms with Gasteiger partial charge in [-0.2, -0.15) is 0 Å². The molecule has 0 unspecified atom stereocenters. The summed E-state index contributed by atoms with van der Waals surface area (Å²) in [4.78, 5) is 14.7. The molecule has 5 nitrogen and oxygen atoms in total. The van der Waals surface area contributed by atoms with Gasteiger partial charge in [0, 0.05) is 24.2 Å². The van der Waals surface area contributed by atoms with Crippen molar-refractivity contribution in [3.05, 3.63) is 71.6 Å². The van der Waals surface area contributed by atoms with Crippen LogP contribution in [0.2, 0.25) is 0 Å². The highest BCUT2D eigenvalue weighted by Crippen LogP contribution is 2.29. The molecule has 1 aliphatic heterocycles. The minimum absolute atomic E-state index is 0.0706. The largest absolute Gasteiger partial charge is 0.420 e. The fraction of sp³-hybridized carbons (Fsp3) is 0.286. The lowest BCUT2D eigenvalue weighted by Gasteiger charge is -2.31. The number of piperidine rings is 1. The van der Waals surface area contributed by atoms with E-state index in [0.717, 1.165) is 36.1 Å². The smallest absolute Gasteiger partial charge is 0.253 e. The summed E-state index contributed by atoms with van der Waals surface area (Å²) in [5, 5.41) is 8.42. The van der Waals surface area contributed by atoms with Gasteiger partial charge in [-0.05, 0) is 44.0 Å². The molecule has 0 radical (unpaired) electrons. The van der Waals surface area contributed by atoms with Gasteiger partial charge in [-0.15, -0.1) is 10.2 Å². The number of nitrogens with zero attached hydrogens (tertiary/aromatic N) is 3. The van der Waals surface area contributed by atoms with Crippen LogP contribution in [-0.2, 0) is 0 Å². The summed E-state index contributed by atoms with van der Waals surface area (Å²) in [6.45, 7) is 3.38. The zero-order valence-electron chi connectivity index (χ0n) is 14.8. The van der Waals surface area contributed by atoms with Gasteiger partial charge < -0.3 is 9.32 Å². The number of carbonyl (C=O) groups is 1. The minimum Gasteiger partial charge on any atom is -0.420 e. The van der Waals surface area contributed by atoms with E-state index in [0.29, 0.717) is 18.3 Å². The Hall–Kier alpha value is -2.95. The lowest BCUT2D eigenvalue weighted by atomic mass is 9.97. The Labute approximate surface area is 152 Å². The van der Waals surface area contributed by atoms with Gasteiger partial charge in [0.05, 0.1) is 5.92 Å². The Bertz CT molecular complexity index is 904. The summed E-state index contributed by atoms with van der Waals surface area (Å²) >= 11 is 0. The van der Waals surface area contributed by atoms with Crippen LogP contribution in [-0.4, -0.2) is 34.1 Å². The summed E-state index contributed by atoms with van der Waals surface area (Å²) in [5.74, 6) is 1.30. The van der Waals surface area contributed by atoms with E-state index in [-0.39, 0.29) is 11.8 Å². The highest BCUT2D eigenvalue weighted by molar-refractivity contribution is 5.94. The zero-order valence-corrected chi connectivity index (χ0v) is 14.8. The van der Waals surface area contributed by atoms with Crippen molar-refractivity contribution in [1.29, 1.82) is 0 Å². The summed E-state index contributed by atoms with van der Waals surface area (Å²) in [5.41, 5.74) is 2.74. The van der Waals surface area contributed by atoms with Crippen LogP contribution < -0.4 is 0 Å². The van der Waals surface area contributed by atoms with E-state index < -0.39 is 0 Å². The van der Waals surface area contributed by atoms with Crippen molar-refractivity contribution in [3.63, 3.8) is 0 Å². The second kappa shape index (κ2) is 7.12. The highest BCUT2D eigenvalue weighted by atomic mass is 16.4. The van der Waals surface area contributed by atoms with Crippen molar-refractivity contribution in [3.8, 4) is 11.5 Å². The molecule has 1 aliphatic rings. The molecule has 132 valence electrons. The zero-order chi connectivity index (χ0) is 17.9. The molecule has 0 spiro atoms. The topological polar surface area (TPSA) is 59.2 Å². The predicted molar refractivity (Wildman–Crippen MR) is 98.8 cm³/mol. The Kier molecular flexibility index (Phi) is 4.52. The number of rotatable bonds is 3. The lowest BCUT2D eigenvalue weighted by molar-refractivity contribution is 0.0698. The standard InChI is InChI=1S/C21H21N3O2/c1-15-7-5-10-17(13-15)21(25)24-12-6-11-18(14-24)20-23-22-19(26-20)16-8-3-2-4-9-16/h2-5,7-10,13,18H,6,11-12,14H2,1H3/t18-/m0/s1. The second-order valence-electron chi connectivity index (χ2n) is 6.77. The van der Waals surface area contributed by atoms with Crippen LogP contribution >= 0.6 is 0 Å². The van der Waals surface area contributed by atoms with Gasteiger partial charge in [0.1, 0.15) is 0 Å². The molecule has 0 N–H and O–H groups in total. The molecule has 1 atom stereocenters. The second-order valence-corrected chi connectivity index (χ2v) is 6.77. The maximum Gasteiger partial charge on any atom is 0.253 e. The number of aromatic nitrogens is 2. The van der Waals surface area contributed by atoms with Crippen LogP contribution in [0.4, 0.5) is 0 Å². The monoisotopic (exact) mass is 347 g/mol.